The van der Waals surface area contributed by atoms with Gasteiger partial charge in [-0.25, -0.2) is 4.79 Å². The summed E-state index contributed by atoms with van der Waals surface area (Å²) in [5.41, 5.74) is 7.35. The predicted octanol–water partition coefficient (Wildman–Crippen LogP) is 1.96. The zero-order valence-electron chi connectivity index (χ0n) is 10.6. The third-order valence-electron chi connectivity index (χ3n) is 3.12. The predicted molar refractivity (Wildman–Crippen MR) is 75.3 cm³/mol. The molecule has 1 heterocycles. The van der Waals surface area contributed by atoms with Crippen molar-refractivity contribution in [3.63, 3.8) is 0 Å². The maximum absolute atomic E-state index is 11.8. The van der Waals surface area contributed by atoms with Crippen LogP contribution in [0.15, 0.2) is 42.5 Å². The molecule has 20 heavy (non-hydrogen) atoms. The number of carbonyl (C=O) groups excluding carboxylic acids is 2. The molecule has 0 unspecified atom stereocenters. The van der Waals surface area contributed by atoms with Gasteiger partial charge in [-0.2, -0.15) is 0 Å². The fourth-order valence-corrected chi connectivity index (χ4v) is 2.18. The fourth-order valence-electron chi connectivity index (χ4n) is 2.18. The molecule has 3 N–H and O–H groups in total. The Balaban J connectivity index is 2.07. The summed E-state index contributed by atoms with van der Waals surface area (Å²) in [6, 6.07) is 12.9. The molecule has 0 radical (unpaired) electrons. The number of carbonyl (C=O) groups is 2. The van der Waals surface area contributed by atoms with Gasteiger partial charge < -0.3 is 15.5 Å². The summed E-state index contributed by atoms with van der Waals surface area (Å²) in [6.07, 6.45) is 0. The topological polar surface area (TPSA) is 85.2 Å². The Kier molecular flexibility index (Phi) is 2.96. The smallest absolute Gasteiger partial charge is 0.345 e. The first kappa shape index (κ1) is 12.4. The van der Waals surface area contributed by atoms with Gasteiger partial charge in [0, 0.05) is 21.8 Å². The molecule has 0 saturated heterocycles. The highest BCUT2D eigenvalue weighted by molar-refractivity contribution is 6.10. The van der Waals surface area contributed by atoms with Crippen molar-refractivity contribution in [3.8, 4) is 0 Å². The minimum atomic E-state index is -0.742. The molecule has 5 heteroatoms. The van der Waals surface area contributed by atoms with Crippen LogP contribution in [0.1, 0.15) is 10.4 Å². The highest BCUT2D eigenvalue weighted by Gasteiger charge is 2.13. The summed E-state index contributed by atoms with van der Waals surface area (Å²) in [7, 11) is 0. The van der Waals surface area contributed by atoms with Crippen molar-refractivity contribution in [1.29, 1.82) is 0 Å². The zero-order valence-corrected chi connectivity index (χ0v) is 10.6. The molecule has 0 aliphatic heterocycles. The lowest BCUT2D eigenvalue weighted by atomic mass is 10.1. The van der Waals surface area contributed by atoms with Gasteiger partial charge in [0.2, 0.25) is 0 Å². The van der Waals surface area contributed by atoms with E-state index in [0.717, 1.165) is 21.8 Å². The van der Waals surface area contributed by atoms with Crippen molar-refractivity contribution in [2.24, 2.45) is 5.73 Å². The first-order valence-electron chi connectivity index (χ1n) is 6.14. The van der Waals surface area contributed by atoms with E-state index in [1.807, 2.05) is 24.3 Å². The Morgan fingerprint density at radius 3 is 2.60 bits per heavy atom. The van der Waals surface area contributed by atoms with E-state index in [0.29, 0.717) is 5.56 Å². The van der Waals surface area contributed by atoms with Crippen LogP contribution in [0.25, 0.3) is 21.8 Å². The number of esters is 2. The van der Waals surface area contributed by atoms with Gasteiger partial charge in [0.05, 0.1) is 12.1 Å². The molecule has 1 aromatic heterocycles. The maximum Gasteiger partial charge on any atom is 0.345 e. The normalized spacial score (nSPS) is 10.8. The van der Waals surface area contributed by atoms with E-state index in [2.05, 4.69) is 9.72 Å². The Morgan fingerprint density at radius 1 is 1.05 bits per heavy atom. The maximum atomic E-state index is 11.8. The molecule has 0 saturated carbocycles. The van der Waals surface area contributed by atoms with Crippen molar-refractivity contribution in [2.45, 2.75) is 0 Å². The molecule has 3 aromatic rings. The van der Waals surface area contributed by atoms with Gasteiger partial charge >= 0.3 is 11.9 Å². The van der Waals surface area contributed by atoms with Crippen LogP contribution in [-0.2, 0) is 9.53 Å². The number of hydrogen-bond acceptors (Lipinski definition) is 4. The Labute approximate surface area is 114 Å². The van der Waals surface area contributed by atoms with Crippen LogP contribution in [0.4, 0.5) is 0 Å². The number of benzene rings is 2. The lowest BCUT2D eigenvalue weighted by molar-refractivity contribution is -0.136. The number of nitrogens with one attached hydrogen (secondary N) is 1. The lowest BCUT2D eigenvalue weighted by Gasteiger charge is -2.01. The van der Waals surface area contributed by atoms with Crippen molar-refractivity contribution in [3.05, 3.63) is 48.0 Å². The number of ether oxygens (including phenoxy) is 1. The zero-order chi connectivity index (χ0) is 14.1. The van der Waals surface area contributed by atoms with Crippen molar-refractivity contribution >= 4 is 33.7 Å². The lowest BCUT2D eigenvalue weighted by Crippen LogP contribution is -2.20. The molecule has 0 spiro atoms. The molecule has 0 fully saturated rings. The quantitative estimate of drug-likeness (QED) is 0.549. The molecule has 0 aliphatic rings. The molecule has 0 bridgehead atoms. The number of H-pyrrole nitrogens is 1. The molecule has 0 aliphatic carbocycles. The number of aromatic nitrogens is 1. The first-order chi connectivity index (χ1) is 9.69. The summed E-state index contributed by atoms with van der Waals surface area (Å²) >= 11 is 0. The summed E-state index contributed by atoms with van der Waals surface area (Å²) in [4.78, 5) is 26.1. The summed E-state index contributed by atoms with van der Waals surface area (Å²) in [6.45, 7) is -0.318. The van der Waals surface area contributed by atoms with Crippen LogP contribution in [0.2, 0.25) is 0 Å². The largest absolute Gasteiger partial charge is 0.388 e. The SMILES string of the molecule is NCC(=O)OC(=O)c1ccc2[nH]c3ccccc3c2c1. The number of aromatic amines is 1. The average Bonchev–Trinajstić information content (AvgIpc) is 2.84. The van der Waals surface area contributed by atoms with Crippen LogP contribution < -0.4 is 5.73 Å². The minimum absolute atomic E-state index is 0.318. The van der Waals surface area contributed by atoms with Gasteiger partial charge in [-0.05, 0) is 24.3 Å². The number of para-hydroxylation sites is 1. The number of rotatable bonds is 2. The van der Waals surface area contributed by atoms with Crippen molar-refractivity contribution in [1.82, 2.24) is 4.98 Å². The summed E-state index contributed by atoms with van der Waals surface area (Å²) < 4.78 is 4.61. The Morgan fingerprint density at radius 2 is 1.80 bits per heavy atom. The number of hydrogen-bond donors (Lipinski definition) is 2. The third kappa shape index (κ3) is 2.04. The van der Waals surface area contributed by atoms with Crippen molar-refractivity contribution in [2.75, 3.05) is 6.54 Å². The van der Waals surface area contributed by atoms with Crippen LogP contribution in [-0.4, -0.2) is 23.5 Å². The van der Waals surface area contributed by atoms with E-state index in [1.54, 1.807) is 18.2 Å². The van der Waals surface area contributed by atoms with Gasteiger partial charge in [0.15, 0.2) is 0 Å². The Hall–Kier alpha value is -2.66. The van der Waals surface area contributed by atoms with Gasteiger partial charge in [-0.1, -0.05) is 18.2 Å². The molecular weight excluding hydrogens is 256 g/mol. The van der Waals surface area contributed by atoms with Crippen molar-refractivity contribution < 1.29 is 14.3 Å². The molecule has 5 nitrogen and oxygen atoms in total. The molecule has 3 rings (SSSR count). The van der Waals surface area contributed by atoms with Crippen LogP contribution in [0, 0.1) is 0 Å². The highest BCUT2D eigenvalue weighted by atomic mass is 16.6. The monoisotopic (exact) mass is 268 g/mol. The number of nitrogens with two attached hydrogens (primary N) is 1. The summed E-state index contributed by atoms with van der Waals surface area (Å²) in [5, 5.41) is 1.93. The van der Waals surface area contributed by atoms with Gasteiger partial charge in [0.25, 0.3) is 0 Å². The minimum Gasteiger partial charge on any atom is -0.388 e. The van der Waals surface area contributed by atoms with Gasteiger partial charge in [-0.15, -0.1) is 0 Å². The molecular formula is C15H12N2O3. The first-order valence-corrected chi connectivity index (χ1v) is 6.14. The van der Waals surface area contributed by atoms with E-state index < -0.39 is 11.9 Å². The van der Waals surface area contributed by atoms with Gasteiger partial charge in [-0.3, -0.25) is 4.79 Å². The molecule has 100 valence electrons. The standard InChI is InChI=1S/C15H12N2O3/c16-8-14(18)20-15(19)9-5-6-13-11(7-9)10-3-1-2-4-12(10)17-13/h1-7,17H,8,16H2. The van der Waals surface area contributed by atoms with E-state index in [4.69, 9.17) is 5.73 Å². The number of fused-ring (bicyclic) bond motifs is 3. The fraction of sp³-hybridized carbons (Fsp3) is 0.0667. The second-order valence-electron chi connectivity index (χ2n) is 4.40. The van der Waals surface area contributed by atoms with Crippen LogP contribution in [0.5, 0.6) is 0 Å². The highest BCUT2D eigenvalue weighted by Crippen LogP contribution is 2.26. The van der Waals surface area contributed by atoms with E-state index >= 15 is 0 Å². The van der Waals surface area contributed by atoms with E-state index in [-0.39, 0.29) is 6.54 Å². The average molecular weight is 268 g/mol. The Bertz CT molecular complexity index is 820. The molecule has 0 amide bonds. The summed E-state index contributed by atoms with van der Waals surface area (Å²) in [5.74, 6) is -1.43. The van der Waals surface area contributed by atoms with Crippen LogP contribution >= 0.6 is 0 Å². The van der Waals surface area contributed by atoms with Crippen LogP contribution in [0.3, 0.4) is 0 Å². The second kappa shape index (κ2) is 4.79. The molecule has 2 aromatic carbocycles. The van der Waals surface area contributed by atoms with E-state index in [1.165, 1.54) is 0 Å². The third-order valence-corrected chi connectivity index (χ3v) is 3.12. The molecule has 0 atom stereocenters. The van der Waals surface area contributed by atoms with Gasteiger partial charge in [0.1, 0.15) is 0 Å². The van der Waals surface area contributed by atoms with E-state index in [9.17, 15) is 9.59 Å². The second-order valence-corrected chi connectivity index (χ2v) is 4.40.